The lowest BCUT2D eigenvalue weighted by Gasteiger charge is -2.30. The standard InChI is InChI=1S/C19H24N4O2/c1-3-25-16-8-6-15(7-9-16)21-18(24)17-10-11-20-19(22-17)23-12-4-5-14(2)13-23/h6-11,14H,3-5,12-13H2,1-2H3,(H,21,24). The molecule has 1 N–H and O–H groups in total. The number of rotatable bonds is 5. The molecular weight excluding hydrogens is 316 g/mol. The second-order valence-electron chi connectivity index (χ2n) is 6.35. The first-order valence-corrected chi connectivity index (χ1v) is 8.78. The monoisotopic (exact) mass is 340 g/mol. The van der Waals surface area contributed by atoms with Gasteiger partial charge in [-0.05, 0) is 56.0 Å². The maximum atomic E-state index is 12.5. The van der Waals surface area contributed by atoms with Crippen LogP contribution in [0.3, 0.4) is 0 Å². The Balaban J connectivity index is 1.68. The van der Waals surface area contributed by atoms with Gasteiger partial charge < -0.3 is 15.0 Å². The van der Waals surface area contributed by atoms with Gasteiger partial charge in [-0.1, -0.05) is 6.92 Å². The molecule has 0 radical (unpaired) electrons. The Labute approximate surface area is 148 Å². The number of amides is 1. The van der Waals surface area contributed by atoms with Crippen LogP contribution in [0.25, 0.3) is 0 Å². The van der Waals surface area contributed by atoms with Crippen molar-refractivity contribution in [3.63, 3.8) is 0 Å². The highest BCUT2D eigenvalue weighted by atomic mass is 16.5. The van der Waals surface area contributed by atoms with Gasteiger partial charge in [0.15, 0.2) is 0 Å². The summed E-state index contributed by atoms with van der Waals surface area (Å²) in [7, 11) is 0. The third kappa shape index (κ3) is 4.47. The summed E-state index contributed by atoms with van der Waals surface area (Å²) < 4.78 is 5.40. The van der Waals surface area contributed by atoms with E-state index < -0.39 is 0 Å². The lowest BCUT2D eigenvalue weighted by atomic mass is 10.0. The summed E-state index contributed by atoms with van der Waals surface area (Å²) in [6.45, 7) is 6.66. The molecule has 132 valence electrons. The van der Waals surface area contributed by atoms with Gasteiger partial charge in [0.2, 0.25) is 5.95 Å². The summed E-state index contributed by atoms with van der Waals surface area (Å²) in [5.74, 6) is 1.80. The highest BCUT2D eigenvalue weighted by molar-refractivity contribution is 6.03. The van der Waals surface area contributed by atoms with Crippen LogP contribution in [0.15, 0.2) is 36.5 Å². The van der Waals surface area contributed by atoms with E-state index in [4.69, 9.17) is 4.74 Å². The smallest absolute Gasteiger partial charge is 0.274 e. The van der Waals surface area contributed by atoms with Crippen LogP contribution in [-0.4, -0.2) is 35.6 Å². The summed E-state index contributed by atoms with van der Waals surface area (Å²) in [6.07, 6.45) is 4.01. The zero-order chi connectivity index (χ0) is 17.6. The number of benzene rings is 1. The van der Waals surface area contributed by atoms with Gasteiger partial charge in [-0.25, -0.2) is 9.97 Å². The van der Waals surface area contributed by atoms with Gasteiger partial charge in [-0.15, -0.1) is 0 Å². The third-order valence-corrected chi connectivity index (χ3v) is 4.24. The molecule has 1 aliphatic rings. The first-order valence-electron chi connectivity index (χ1n) is 8.78. The molecular formula is C19H24N4O2. The van der Waals surface area contributed by atoms with E-state index in [1.807, 2.05) is 31.2 Å². The van der Waals surface area contributed by atoms with Crippen LogP contribution in [-0.2, 0) is 0 Å². The molecule has 1 amide bonds. The molecule has 0 saturated carbocycles. The minimum Gasteiger partial charge on any atom is -0.494 e. The SMILES string of the molecule is CCOc1ccc(NC(=O)c2ccnc(N3CCCC(C)C3)n2)cc1. The Morgan fingerprint density at radius 1 is 1.32 bits per heavy atom. The molecule has 6 heteroatoms. The molecule has 1 aliphatic heterocycles. The summed E-state index contributed by atoms with van der Waals surface area (Å²) in [5, 5.41) is 2.86. The molecule has 1 unspecified atom stereocenters. The molecule has 1 atom stereocenters. The van der Waals surface area contributed by atoms with Crippen molar-refractivity contribution in [3.8, 4) is 5.75 Å². The lowest BCUT2D eigenvalue weighted by molar-refractivity contribution is 0.102. The summed E-state index contributed by atoms with van der Waals surface area (Å²) in [4.78, 5) is 23.4. The second kappa shape index (κ2) is 7.96. The van der Waals surface area contributed by atoms with Crippen LogP contribution in [0.1, 0.15) is 37.2 Å². The fourth-order valence-corrected chi connectivity index (χ4v) is 2.99. The van der Waals surface area contributed by atoms with Gasteiger partial charge in [0, 0.05) is 25.0 Å². The number of nitrogens with one attached hydrogen (secondary N) is 1. The van der Waals surface area contributed by atoms with Gasteiger partial charge in [-0.3, -0.25) is 4.79 Å². The predicted octanol–water partition coefficient (Wildman–Crippen LogP) is 3.36. The number of carbonyl (C=O) groups is 1. The van der Waals surface area contributed by atoms with Crippen molar-refractivity contribution in [3.05, 3.63) is 42.2 Å². The van der Waals surface area contributed by atoms with Crippen molar-refractivity contribution < 1.29 is 9.53 Å². The number of hydrogen-bond donors (Lipinski definition) is 1. The molecule has 1 saturated heterocycles. The van der Waals surface area contributed by atoms with Crippen molar-refractivity contribution >= 4 is 17.5 Å². The molecule has 0 aliphatic carbocycles. The zero-order valence-electron chi connectivity index (χ0n) is 14.7. The summed E-state index contributed by atoms with van der Waals surface area (Å²) in [6, 6.07) is 8.94. The summed E-state index contributed by atoms with van der Waals surface area (Å²) in [5.41, 5.74) is 1.08. The van der Waals surface area contributed by atoms with Crippen molar-refractivity contribution in [2.45, 2.75) is 26.7 Å². The molecule has 6 nitrogen and oxygen atoms in total. The quantitative estimate of drug-likeness (QED) is 0.904. The van der Waals surface area contributed by atoms with Crippen LogP contribution in [0.2, 0.25) is 0 Å². The zero-order valence-corrected chi connectivity index (χ0v) is 14.7. The van der Waals surface area contributed by atoms with E-state index in [-0.39, 0.29) is 5.91 Å². The van der Waals surface area contributed by atoms with E-state index in [9.17, 15) is 4.79 Å². The van der Waals surface area contributed by atoms with Crippen LogP contribution < -0.4 is 15.0 Å². The number of nitrogens with zero attached hydrogens (tertiary/aromatic N) is 3. The Bertz CT molecular complexity index is 718. The average Bonchev–Trinajstić information content (AvgIpc) is 2.64. The Morgan fingerprint density at radius 3 is 2.84 bits per heavy atom. The number of ether oxygens (including phenoxy) is 1. The van der Waals surface area contributed by atoms with Crippen LogP contribution in [0.4, 0.5) is 11.6 Å². The predicted molar refractivity (Wildman–Crippen MR) is 98.2 cm³/mol. The first kappa shape index (κ1) is 17.2. The van der Waals surface area contributed by atoms with Crippen LogP contribution in [0.5, 0.6) is 5.75 Å². The van der Waals surface area contributed by atoms with Gasteiger partial charge in [-0.2, -0.15) is 0 Å². The number of aromatic nitrogens is 2. The minimum absolute atomic E-state index is 0.238. The number of piperidine rings is 1. The van der Waals surface area contributed by atoms with E-state index in [0.29, 0.717) is 29.9 Å². The first-order chi connectivity index (χ1) is 12.2. The van der Waals surface area contributed by atoms with E-state index >= 15 is 0 Å². The molecule has 1 fully saturated rings. The normalized spacial score (nSPS) is 17.2. The minimum atomic E-state index is -0.238. The maximum absolute atomic E-state index is 12.5. The maximum Gasteiger partial charge on any atom is 0.274 e. The van der Waals surface area contributed by atoms with E-state index in [2.05, 4.69) is 27.1 Å². The molecule has 0 bridgehead atoms. The van der Waals surface area contributed by atoms with E-state index in [0.717, 1.165) is 25.3 Å². The van der Waals surface area contributed by atoms with Gasteiger partial charge in [0.05, 0.1) is 6.61 Å². The molecule has 1 aromatic heterocycles. The molecule has 1 aromatic carbocycles. The Morgan fingerprint density at radius 2 is 2.12 bits per heavy atom. The van der Waals surface area contributed by atoms with Gasteiger partial charge >= 0.3 is 0 Å². The van der Waals surface area contributed by atoms with Gasteiger partial charge in [0.1, 0.15) is 11.4 Å². The third-order valence-electron chi connectivity index (χ3n) is 4.24. The van der Waals surface area contributed by atoms with Crippen LogP contribution >= 0.6 is 0 Å². The average molecular weight is 340 g/mol. The Kier molecular flexibility index (Phi) is 5.48. The van der Waals surface area contributed by atoms with Crippen molar-refractivity contribution in [2.75, 3.05) is 29.9 Å². The van der Waals surface area contributed by atoms with E-state index in [1.54, 1.807) is 12.3 Å². The van der Waals surface area contributed by atoms with Crippen molar-refractivity contribution in [2.24, 2.45) is 5.92 Å². The molecule has 0 spiro atoms. The summed E-state index contributed by atoms with van der Waals surface area (Å²) >= 11 is 0. The van der Waals surface area contributed by atoms with Crippen molar-refractivity contribution in [1.82, 2.24) is 9.97 Å². The topological polar surface area (TPSA) is 67.3 Å². The van der Waals surface area contributed by atoms with E-state index in [1.165, 1.54) is 6.42 Å². The molecule has 2 heterocycles. The van der Waals surface area contributed by atoms with Crippen molar-refractivity contribution in [1.29, 1.82) is 0 Å². The second-order valence-corrected chi connectivity index (χ2v) is 6.35. The molecule has 2 aromatic rings. The number of carbonyl (C=O) groups excluding carboxylic acids is 1. The largest absolute Gasteiger partial charge is 0.494 e. The molecule has 25 heavy (non-hydrogen) atoms. The number of hydrogen-bond acceptors (Lipinski definition) is 5. The Hall–Kier alpha value is -2.63. The highest BCUT2D eigenvalue weighted by Crippen LogP contribution is 2.20. The lowest BCUT2D eigenvalue weighted by Crippen LogP contribution is -2.35. The van der Waals surface area contributed by atoms with Crippen LogP contribution in [0, 0.1) is 5.92 Å². The fourth-order valence-electron chi connectivity index (χ4n) is 2.99. The fraction of sp³-hybridized carbons (Fsp3) is 0.421. The van der Waals surface area contributed by atoms with Gasteiger partial charge in [0.25, 0.3) is 5.91 Å². The molecule has 3 rings (SSSR count). The number of anilines is 2. The highest BCUT2D eigenvalue weighted by Gasteiger charge is 2.19.